The second-order valence-corrected chi connectivity index (χ2v) is 7.19. The van der Waals surface area contributed by atoms with Crippen molar-refractivity contribution in [2.45, 2.75) is 56.6 Å². The van der Waals surface area contributed by atoms with Gasteiger partial charge in [0.1, 0.15) is 5.82 Å². The quantitative estimate of drug-likeness (QED) is 0.600. The normalized spacial score (nSPS) is 15.2. The first kappa shape index (κ1) is 17.7. The van der Waals surface area contributed by atoms with Crippen molar-refractivity contribution in [3.8, 4) is 0 Å². The molecule has 1 aliphatic rings. The van der Waals surface area contributed by atoms with Gasteiger partial charge in [0, 0.05) is 18.5 Å². The molecular formula is C17H23N5O2S. The number of aromatic nitrogens is 4. The maximum absolute atomic E-state index is 12.1. The average Bonchev–Trinajstić information content (AvgIpc) is 3.20. The van der Waals surface area contributed by atoms with Crippen molar-refractivity contribution in [3.05, 3.63) is 30.2 Å². The fourth-order valence-electron chi connectivity index (χ4n) is 3.10. The Morgan fingerprint density at radius 1 is 1.44 bits per heavy atom. The van der Waals surface area contributed by atoms with Crippen molar-refractivity contribution >= 4 is 23.6 Å². The summed E-state index contributed by atoms with van der Waals surface area (Å²) in [6.07, 6.45) is 7.95. The van der Waals surface area contributed by atoms with Crippen LogP contribution >= 0.6 is 11.8 Å². The summed E-state index contributed by atoms with van der Waals surface area (Å²) in [7, 11) is 0. The summed E-state index contributed by atoms with van der Waals surface area (Å²) in [6, 6.07) is 1.68. The number of hydrogen-bond acceptors (Lipinski definition) is 6. The molecule has 1 N–H and O–H groups in total. The summed E-state index contributed by atoms with van der Waals surface area (Å²) >= 11 is 1.37. The Morgan fingerprint density at radius 2 is 2.24 bits per heavy atom. The first-order valence-corrected chi connectivity index (χ1v) is 9.56. The van der Waals surface area contributed by atoms with Crippen LogP contribution in [0.15, 0.2) is 28.4 Å². The molecule has 0 aromatic carbocycles. The zero-order chi connectivity index (χ0) is 17.6. The van der Waals surface area contributed by atoms with E-state index in [-0.39, 0.29) is 11.7 Å². The smallest absolute Gasteiger partial charge is 0.237 e. The molecule has 3 rings (SSSR count). The second-order valence-electron chi connectivity index (χ2n) is 6.24. The van der Waals surface area contributed by atoms with Gasteiger partial charge in [0.15, 0.2) is 5.16 Å². The van der Waals surface area contributed by atoms with Crippen LogP contribution in [-0.2, 0) is 11.3 Å². The second kappa shape index (κ2) is 8.33. The Hall–Kier alpha value is -2.09. The van der Waals surface area contributed by atoms with Crippen LogP contribution < -0.4 is 5.32 Å². The molecular weight excluding hydrogens is 338 g/mol. The summed E-state index contributed by atoms with van der Waals surface area (Å²) in [5, 5.41) is 15.9. The molecule has 7 nitrogen and oxygen atoms in total. The number of amides is 1. The number of allylic oxidation sites excluding steroid dienone is 1. The SMILES string of the molecule is C=CCn1c(SCC(=O)Nc2cc(C)no2)nnc1C1CCCCC1. The average molecular weight is 361 g/mol. The molecule has 1 amide bonds. The van der Waals surface area contributed by atoms with Crippen LogP contribution in [0.5, 0.6) is 0 Å². The van der Waals surface area contributed by atoms with E-state index >= 15 is 0 Å². The number of carbonyl (C=O) groups excluding carboxylic acids is 1. The highest BCUT2D eigenvalue weighted by Gasteiger charge is 2.23. The maximum atomic E-state index is 12.1. The third-order valence-electron chi connectivity index (χ3n) is 4.25. The van der Waals surface area contributed by atoms with Gasteiger partial charge in [-0.15, -0.1) is 16.8 Å². The molecule has 8 heteroatoms. The van der Waals surface area contributed by atoms with Gasteiger partial charge in [0.25, 0.3) is 0 Å². The molecule has 0 unspecified atom stereocenters. The van der Waals surface area contributed by atoms with Crippen molar-refractivity contribution in [1.29, 1.82) is 0 Å². The highest BCUT2D eigenvalue weighted by atomic mass is 32.2. The Bertz CT molecular complexity index is 733. The molecule has 1 fully saturated rings. The van der Waals surface area contributed by atoms with Crippen molar-refractivity contribution in [1.82, 2.24) is 19.9 Å². The van der Waals surface area contributed by atoms with E-state index in [1.165, 1.54) is 31.0 Å². The van der Waals surface area contributed by atoms with Gasteiger partial charge in [0.2, 0.25) is 11.8 Å². The van der Waals surface area contributed by atoms with Gasteiger partial charge >= 0.3 is 0 Å². The van der Waals surface area contributed by atoms with Gasteiger partial charge < -0.3 is 9.09 Å². The van der Waals surface area contributed by atoms with Crippen LogP contribution in [0.2, 0.25) is 0 Å². The minimum Gasteiger partial charge on any atom is -0.338 e. The van der Waals surface area contributed by atoms with E-state index in [2.05, 4.69) is 31.8 Å². The summed E-state index contributed by atoms with van der Waals surface area (Å²) in [6.45, 7) is 6.29. The summed E-state index contributed by atoms with van der Waals surface area (Å²) < 4.78 is 7.08. The van der Waals surface area contributed by atoms with E-state index in [1.54, 1.807) is 13.0 Å². The Kier molecular flexibility index (Phi) is 5.91. The summed E-state index contributed by atoms with van der Waals surface area (Å²) in [5.41, 5.74) is 0.728. The standard InChI is InChI=1S/C17H23N5O2S/c1-3-9-22-16(13-7-5-4-6-8-13)19-20-17(22)25-11-14(23)18-15-10-12(2)21-24-15/h3,10,13H,1,4-9,11H2,2H3,(H,18,23). The third kappa shape index (κ3) is 4.50. The molecule has 25 heavy (non-hydrogen) atoms. The first-order valence-electron chi connectivity index (χ1n) is 8.57. The van der Waals surface area contributed by atoms with Crippen LogP contribution in [0, 0.1) is 6.92 Å². The van der Waals surface area contributed by atoms with E-state index in [4.69, 9.17) is 4.52 Å². The molecule has 2 heterocycles. The zero-order valence-corrected chi connectivity index (χ0v) is 15.2. The van der Waals surface area contributed by atoms with Crippen LogP contribution in [0.4, 0.5) is 5.88 Å². The minimum atomic E-state index is -0.159. The highest BCUT2D eigenvalue weighted by Crippen LogP contribution is 2.33. The Labute approximate surface area is 151 Å². The van der Waals surface area contributed by atoms with E-state index in [1.807, 2.05) is 6.08 Å². The molecule has 0 atom stereocenters. The summed E-state index contributed by atoms with van der Waals surface area (Å²) in [4.78, 5) is 12.1. The first-order chi connectivity index (χ1) is 12.2. The molecule has 0 spiro atoms. The van der Waals surface area contributed by atoms with Gasteiger partial charge in [-0.2, -0.15) is 0 Å². The zero-order valence-electron chi connectivity index (χ0n) is 14.4. The van der Waals surface area contributed by atoms with Crippen LogP contribution in [0.3, 0.4) is 0 Å². The van der Waals surface area contributed by atoms with Crippen molar-refractivity contribution < 1.29 is 9.32 Å². The lowest BCUT2D eigenvalue weighted by Crippen LogP contribution is -2.15. The predicted octanol–water partition coefficient (Wildman–Crippen LogP) is 3.54. The number of rotatable bonds is 7. The van der Waals surface area contributed by atoms with Crippen molar-refractivity contribution in [2.24, 2.45) is 0 Å². The van der Waals surface area contributed by atoms with E-state index in [0.717, 1.165) is 29.5 Å². The molecule has 0 aliphatic heterocycles. The van der Waals surface area contributed by atoms with Crippen molar-refractivity contribution in [3.63, 3.8) is 0 Å². The third-order valence-corrected chi connectivity index (χ3v) is 5.22. The maximum Gasteiger partial charge on any atom is 0.237 e. The van der Waals surface area contributed by atoms with Crippen LogP contribution in [0.25, 0.3) is 0 Å². The molecule has 0 radical (unpaired) electrons. The molecule has 2 aromatic heterocycles. The molecule has 134 valence electrons. The van der Waals surface area contributed by atoms with Crippen molar-refractivity contribution in [2.75, 3.05) is 11.1 Å². The number of thioether (sulfide) groups is 1. The number of carbonyl (C=O) groups is 1. The van der Waals surface area contributed by atoms with Gasteiger partial charge in [-0.25, -0.2) is 0 Å². The number of anilines is 1. The Balaban J connectivity index is 1.64. The fraction of sp³-hybridized carbons (Fsp3) is 0.529. The Morgan fingerprint density at radius 3 is 2.92 bits per heavy atom. The van der Waals surface area contributed by atoms with Crippen LogP contribution in [-0.4, -0.2) is 31.6 Å². The van der Waals surface area contributed by atoms with Gasteiger partial charge in [0.05, 0.1) is 11.4 Å². The molecule has 2 aromatic rings. The molecule has 1 aliphatic carbocycles. The van der Waals surface area contributed by atoms with Gasteiger partial charge in [-0.1, -0.05) is 42.3 Å². The van der Waals surface area contributed by atoms with Crippen LogP contribution in [0.1, 0.15) is 49.5 Å². The van der Waals surface area contributed by atoms with E-state index in [9.17, 15) is 4.79 Å². The number of aryl methyl sites for hydroxylation is 1. The number of hydrogen-bond donors (Lipinski definition) is 1. The lowest BCUT2D eigenvalue weighted by molar-refractivity contribution is -0.113. The number of nitrogens with one attached hydrogen (secondary N) is 1. The largest absolute Gasteiger partial charge is 0.338 e. The highest BCUT2D eigenvalue weighted by molar-refractivity contribution is 7.99. The lowest BCUT2D eigenvalue weighted by atomic mass is 9.89. The van der Waals surface area contributed by atoms with E-state index < -0.39 is 0 Å². The van der Waals surface area contributed by atoms with Gasteiger partial charge in [-0.3, -0.25) is 10.1 Å². The predicted molar refractivity (Wildman–Crippen MR) is 96.6 cm³/mol. The summed E-state index contributed by atoms with van der Waals surface area (Å²) in [5.74, 6) is 1.92. The molecule has 0 bridgehead atoms. The monoisotopic (exact) mass is 361 g/mol. The van der Waals surface area contributed by atoms with E-state index in [0.29, 0.717) is 18.3 Å². The lowest BCUT2D eigenvalue weighted by Gasteiger charge is -2.21. The topological polar surface area (TPSA) is 85.8 Å². The fourth-order valence-corrected chi connectivity index (χ4v) is 3.85. The minimum absolute atomic E-state index is 0.159. The molecule has 0 saturated heterocycles. The molecule has 1 saturated carbocycles. The number of nitrogens with zero attached hydrogens (tertiary/aromatic N) is 4. The van der Waals surface area contributed by atoms with Gasteiger partial charge in [-0.05, 0) is 19.8 Å².